The second-order valence-corrected chi connectivity index (χ2v) is 8.99. The van der Waals surface area contributed by atoms with Crippen LogP contribution in [0.3, 0.4) is 0 Å². The second-order valence-electron chi connectivity index (χ2n) is 8.99. The first-order valence-electron chi connectivity index (χ1n) is 11.9. The number of nitrogens with zero attached hydrogens (tertiary/aromatic N) is 3. The zero-order valence-electron chi connectivity index (χ0n) is 19.8. The minimum Gasteiger partial charge on any atom is -0.387 e. The number of piperidine rings is 1. The van der Waals surface area contributed by atoms with Crippen LogP contribution in [-0.2, 0) is 9.47 Å². The third-order valence-electron chi connectivity index (χ3n) is 6.62. The third-order valence-corrected chi connectivity index (χ3v) is 6.62. The molecule has 1 aromatic carbocycles. The average molecular weight is 454 g/mol. The van der Waals surface area contributed by atoms with Gasteiger partial charge in [-0.2, -0.15) is 4.99 Å². The van der Waals surface area contributed by atoms with E-state index in [0.29, 0.717) is 36.2 Å². The van der Waals surface area contributed by atoms with E-state index in [1.807, 2.05) is 38.1 Å². The Kier molecular flexibility index (Phi) is 7.57. The quantitative estimate of drug-likeness (QED) is 0.512. The zero-order valence-corrected chi connectivity index (χ0v) is 19.8. The largest absolute Gasteiger partial charge is 0.387 e. The standard InChI is InChI=1S/C25H35N5O3/c1-4-23(26)29-25(31)19-14-17-13-16(2)5-6-20(17)28-24(19)30-10-7-21(22(15-30)32-3)27-18-8-11-33-12-9-18/h5-6,13-14,18,21-22,27H,4,7-12,15H2,1-3H3,(H2,26,29,31). The minimum atomic E-state index is -0.350. The van der Waals surface area contributed by atoms with Crippen LogP contribution in [0.2, 0.25) is 0 Å². The highest BCUT2D eigenvalue weighted by Crippen LogP contribution is 2.29. The summed E-state index contributed by atoms with van der Waals surface area (Å²) in [5, 5.41) is 4.70. The monoisotopic (exact) mass is 453 g/mol. The van der Waals surface area contributed by atoms with Gasteiger partial charge in [-0.3, -0.25) is 4.79 Å². The molecular weight excluding hydrogens is 418 g/mol. The predicted octanol–water partition coefficient (Wildman–Crippen LogP) is 2.81. The highest BCUT2D eigenvalue weighted by Gasteiger charge is 2.33. The van der Waals surface area contributed by atoms with Crippen LogP contribution in [-0.4, -0.2) is 68.3 Å². The number of pyridine rings is 1. The van der Waals surface area contributed by atoms with Gasteiger partial charge in [-0.05, 0) is 44.4 Å². The summed E-state index contributed by atoms with van der Waals surface area (Å²) in [5.41, 5.74) is 8.34. The van der Waals surface area contributed by atoms with Crippen LogP contribution in [0.5, 0.6) is 0 Å². The van der Waals surface area contributed by atoms with Crippen molar-refractivity contribution in [2.45, 2.75) is 57.7 Å². The van der Waals surface area contributed by atoms with Crippen LogP contribution >= 0.6 is 0 Å². The van der Waals surface area contributed by atoms with Crippen molar-refractivity contribution < 1.29 is 14.3 Å². The Labute approximate surface area is 195 Å². The van der Waals surface area contributed by atoms with Crippen molar-refractivity contribution in [1.29, 1.82) is 0 Å². The molecule has 0 radical (unpaired) electrons. The fraction of sp³-hybridized carbons (Fsp3) is 0.560. The summed E-state index contributed by atoms with van der Waals surface area (Å²) < 4.78 is 11.4. The maximum atomic E-state index is 13.1. The number of benzene rings is 1. The molecule has 1 amide bonds. The second kappa shape index (κ2) is 10.6. The van der Waals surface area contributed by atoms with Crippen molar-refractivity contribution in [2.75, 3.05) is 38.3 Å². The van der Waals surface area contributed by atoms with Crippen LogP contribution in [0.15, 0.2) is 29.3 Å². The predicted molar refractivity (Wildman–Crippen MR) is 131 cm³/mol. The summed E-state index contributed by atoms with van der Waals surface area (Å²) in [6.45, 7) is 6.95. The molecule has 33 heavy (non-hydrogen) atoms. The van der Waals surface area contributed by atoms with E-state index in [2.05, 4.69) is 15.2 Å². The summed E-state index contributed by atoms with van der Waals surface area (Å²) in [6, 6.07) is 8.68. The number of hydrogen-bond acceptors (Lipinski definition) is 6. The lowest BCUT2D eigenvalue weighted by atomic mass is 9.98. The molecule has 8 heteroatoms. The number of carbonyl (C=O) groups is 1. The zero-order chi connectivity index (χ0) is 23.4. The average Bonchev–Trinajstić information content (AvgIpc) is 2.84. The Morgan fingerprint density at radius 1 is 1.30 bits per heavy atom. The summed E-state index contributed by atoms with van der Waals surface area (Å²) in [7, 11) is 1.75. The van der Waals surface area contributed by atoms with E-state index in [1.165, 1.54) is 0 Å². The van der Waals surface area contributed by atoms with E-state index in [1.54, 1.807) is 7.11 Å². The topological polar surface area (TPSA) is 102 Å². The number of amidine groups is 1. The number of rotatable bonds is 6. The normalized spacial score (nSPS) is 22.6. The number of methoxy groups -OCH3 is 1. The molecule has 178 valence electrons. The minimum absolute atomic E-state index is 0.00993. The molecule has 0 saturated carbocycles. The van der Waals surface area contributed by atoms with Gasteiger partial charge >= 0.3 is 0 Å². The maximum absolute atomic E-state index is 13.1. The molecule has 3 N–H and O–H groups in total. The number of amides is 1. The van der Waals surface area contributed by atoms with E-state index in [9.17, 15) is 4.79 Å². The van der Waals surface area contributed by atoms with Gasteiger partial charge in [0.25, 0.3) is 5.91 Å². The number of aryl methyl sites for hydroxylation is 1. The lowest BCUT2D eigenvalue weighted by Gasteiger charge is -2.41. The first-order chi connectivity index (χ1) is 16.0. The van der Waals surface area contributed by atoms with Gasteiger partial charge in [0.2, 0.25) is 0 Å². The van der Waals surface area contributed by atoms with Gasteiger partial charge in [-0.1, -0.05) is 18.6 Å². The molecule has 3 heterocycles. The third kappa shape index (κ3) is 5.51. The van der Waals surface area contributed by atoms with E-state index >= 15 is 0 Å². The first kappa shape index (κ1) is 23.6. The molecule has 2 aromatic rings. The molecule has 2 aliphatic rings. The molecular formula is C25H35N5O3. The van der Waals surface area contributed by atoms with Crippen molar-refractivity contribution in [3.63, 3.8) is 0 Å². The number of nitrogens with two attached hydrogens (primary N) is 1. The SMILES string of the molecule is CCC(N)=NC(=O)c1cc2cc(C)ccc2nc1N1CCC(NC2CCOCC2)C(OC)C1. The highest BCUT2D eigenvalue weighted by atomic mass is 16.5. The number of carbonyl (C=O) groups excluding carboxylic acids is 1. The lowest BCUT2D eigenvalue weighted by Crippen LogP contribution is -2.56. The van der Waals surface area contributed by atoms with Gasteiger partial charge in [0.05, 0.1) is 17.2 Å². The van der Waals surface area contributed by atoms with Crippen LogP contribution in [0.25, 0.3) is 10.9 Å². The highest BCUT2D eigenvalue weighted by molar-refractivity contribution is 6.07. The fourth-order valence-electron chi connectivity index (χ4n) is 4.66. The van der Waals surface area contributed by atoms with E-state index in [-0.39, 0.29) is 18.1 Å². The fourth-order valence-corrected chi connectivity index (χ4v) is 4.66. The van der Waals surface area contributed by atoms with Gasteiger partial charge in [0, 0.05) is 57.3 Å². The molecule has 4 rings (SSSR count). The van der Waals surface area contributed by atoms with Gasteiger partial charge in [0.15, 0.2) is 0 Å². The molecule has 0 spiro atoms. The molecule has 2 fully saturated rings. The van der Waals surface area contributed by atoms with Gasteiger partial charge in [0.1, 0.15) is 11.7 Å². The van der Waals surface area contributed by atoms with Crippen molar-refractivity contribution >= 4 is 28.5 Å². The Morgan fingerprint density at radius 2 is 2.09 bits per heavy atom. The van der Waals surface area contributed by atoms with Crippen molar-refractivity contribution in [3.8, 4) is 0 Å². The number of hydrogen-bond donors (Lipinski definition) is 2. The van der Waals surface area contributed by atoms with Crippen molar-refractivity contribution in [1.82, 2.24) is 10.3 Å². The number of anilines is 1. The van der Waals surface area contributed by atoms with E-state index in [0.717, 1.165) is 55.5 Å². The van der Waals surface area contributed by atoms with Gasteiger partial charge in [-0.15, -0.1) is 0 Å². The van der Waals surface area contributed by atoms with Crippen LogP contribution < -0.4 is 16.0 Å². The van der Waals surface area contributed by atoms with E-state index in [4.69, 9.17) is 20.2 Å². The Hall–Kier alpha value is -2.55. The Balaban J connectivity index is 1.62. The lowest BCUT2D eigenvalue weighted by molar-refractivity contribution is 0.0359. The maximum Gasteiger partial charge on any atom is 0.282 e. The molecule has 2 aliphatic heterocycles. The molecule has 0 aliphatic carbocycles. The smallest absolute Gasteiger partial charge is 0.282 e. The summed E-state index contributed by atoms with van der Waals surface area (Å²) in [4.78, 5) is 24.3. The van der Waals surface area contributed by atoms with Crippen LogP contribution in [0.1, 0.15) is 48.5 Å². The molecule has 1 aromatic heterocycles. The van der Waals surface area contributed by atoms with Gasteiger partial charge < -0.3 is 25.4 Å². The van der Waals surface area contributed by atoms with E-state index < -0.39 is 0 Å². The first-order valence-corrected chi connectivity index (χ1v) is 11.9. The number of aromatic nitrogens is 1. The molecule has 0 bridgehead atoms. The summed E-state index contributed by atoms with van der Waals surface area (Å²) >= 11 is 0. The van der Waals surface area contributed by atoms with Crippen LogP contribution in [0.4, 0.5) is 5.82 Å². The number of aliphatic imine (C=N–C) groups is 1. The van der Waals surface area contributed by atoms with Crippen molar-refractivity contribution in [3.05, 3.63) is 35.4 Å². The van der Waals surface area contributed by atoms with Gasteiger partial charge in [-0.25, -0.2) is 4.98 Å². The molecule has 2 unspecified atom stereocenters. The number of fused-ring (bicyclic) bond motifs is 1. The molecule has 2 saturated heterocycles. The number of nitrogens with one attached hydrogen (secondary N) is 1. The summed E-state index contributed by atoms with van der Waals surface area (Å²) in [6.07, 6.45) is 3.47. The summed E-state index contributed by atoms with van der Waals surface area (Å²) in [5.74, 6) is 0.622. The Bertz CT molecular complexity index is 1020. The Morgan fingerprint density at radius 3 is 2.82 bits per heavy atom. The molecule has 8 nitrogen and oxygen atoms in total. The van der Waals surface area contributed by atoms with Crippen LogP contribution in [0, 0.1) is 6.92 Å². The van der Waals surface area contributed by atoms with Crippen molar-refractivity contribution in [2.24, 2.45) is 10.7 Å². The number of ether oxygens (including phenoxy) is 2. The molecule has 2 atom stereocenters.